The van der Waals surface area contributed by atoms with Gasteiger partial charge in [-0.3, -0.25) is 4.79 Å². The van der Waals surface area contributed by atoms with Crippen LogP contribution in [-0.2, 0) is 27.9 Å². The molecule has 27 heavy (non-hydrogen) atoms. The zero-order valence-corrected chi connectivity index (χ0v) is 17.5. The van der Waals surface area contributed by atoms with E-state index in [1.165, 1.54) is 33.1 Å². The number of hydrogen-bond acceptors (Lipinski definition) is 7. The number of amides is 1. The summed E-state index contributed by atoms with van der Waals surface area (Å²) in [7, 11) is -3.57. The molecule has 1 N–H and O–H groups in total. The number of carbonyl (C=O) groups is 1. The van der Waals surface area contributed by atoms with Crippen LogP contribution in [0.15, 0.2) is 40.4 Å². The summed E-state index contributed by atoms with van der Waals surface area (Å²) in [5.74, 6) is -0.275. The monoisotopic (exact) mass is 437 g/mol. The molecule has 0 unspecified atom stereocenters. The van der Waals surface area contributed by atoms with Crippen molar-refractivity contribution >= 4 is 54.9 Å². The molecule has 3 aromatic heterocycles. The van der Waals surface area contributed by atoms with Gasteiger partial charge >= 0.3 is 0 Å². The molecule has 0 aromatic carbocycles. The largest absolute Gasteiger partial charge is 0.314 e. The summed E-state index contributed by atoms with van der Waals surface area (Å²) >= 11 is 4.18. The molecular formula is C17H15N3O3S4. The normalized spacial score (nSPS) is 14.3. The molecule has 10 heteroatoms. The fourth-order valence-electron chi connectivity index (χ4n) is 2.74. The Morgan fingerprint density at radius 2 is 2.15 bits per heavy atom. The Labute approximate surface area is 168 Å². The Morgan fingerprint density at radius 1 is 1.33 bits per heavy atom. The Kier molecular flexibility index (Phi) is 4.77. The average Bonchev–Trinajstić information content (AvgIpc) is 3.36. The minimum Gasteiger partial charge on any atom is -0.314 e. The first kappa shape index (κ1) is 18.5. The van der Waals surface area contributed by atoms with E-state index in [2.05, 4.69) is 16.9 Å². The maximum absolute atomic E-state index is 13.0. The first-order chi connectivity index (χ1) is 12.9. The van der Waals surface area contributed by atoms with Crippen LogP contribution in [0.1, 0.15) is 15.4 Å². The molecular weight excluding hydrogens is 422 g/mol. The molecule has 0 fully saturated rings. The van der Waals surface area contributed by atoms with Crippen LogP contribution in [0.25, 0.3) is 10.6 Å². The third kappa shape index (κ3) is 3.50. The fraction of sp³-hybridized carbons (Fsp3) is 0.176. The third-order valence-electron chi connectivity index (χ3n) is 4.04. The van der Waals surface area contributed by atoms with Gasteiger partial charge in [-0.2, -0.15) is 4.31 Å². The van der Waals surface area contributed by atoms with Crippen LogP contribution in [0.5, 0.6) is 0 Å². The molecule has 140 valence electrons. The van der Waals surface area contributed by atoms with Gasteiger partial charge in [0.25, 0.3) is 10.0 Å². The molecule has 3 aromatic rings. The van der Waals surface area contributed by atoms with Crippen molar-refractivity contribution in [3.63, 3.8) is 0 Å². The number of anilines is 1. The van der Waals surface area contributed by atoms with Crippen LogP contribution >= 0.6 is 34.0 Å². The van der Waals surface area contributed by atoms with E-state index >= 15 is 0 Å². The Bertz CT molecular complexity index is 1120. The van der Waals surface area contributed by atoms with E-state index in [0.29, 0.717) is 22.3 Å². The number of aromatic nitrogens is 1. The number of fused-ring (bicyclic) bond motifs is 1. The van der Waals surface area contributed by atoms with Crippen molar-refractivity contribution in [2.75, 3.05) is 5.32 Å². The van der Waals surface area contributed by atoms with Crippen LogP contribution in [0, 0.1) is 6.92 Å². The van der Waals surface area contributed by atoms with Gasteiger partial charge in [-0.25, -0.2) is 13.4 Å². The van der Waals surface area contributed by atoms with Gasteiger partial charge < -0.3 is 5.32 Å². The molecule has 0 aliphatic carbocycles. The molecule has 0 saturated carbocycles. The number of thiazole rings is 1. The van der Waals surface area contributed by atoms with Crippen LogP contribution in [0.3, 0.4) is 0 Å². The highest BCUT2D eigenvalue weighted by Gasteiger charge is 2.33. The molecule has 4 rings (SSSR count). The fourth-order valence-corrected chi connectivity index (χ4v) is 7.41. The van der Waals surface area contributed by atoms with E-state index < -0.39 is 10.0 Å². The van der Waals surface area contributed by atoms with Crippen molar-refractivity contribution in [3.05, 3.63) is 51.7 Å². The van der Waals surface area contributed by atoms with Gasteiger partial charge in [0.1, 0.15) is 4.21 Å². The molecule has 0 atom stereocenters. The first-order valence-electron chi connectivity index (χ1n) is 7.94. The Balaban J connectivity index is 1.53. The van der Waals surface area contributed by atoms with E-state index in [4.69, 9.17) is 0 Å². The second kappa shape index (κ2) is 6.95. The second-order valence-electron chi connectivity index (χ2n) is 5.90. The molecule has 6 nitrogen and oxygen atoms in total. The topological polar surface area (TPSA) is 79.4 Å². The number of carbonyl (C=O) groups excluding carboxylic acids is 1. The summed E-state index contributed by atoms with van der Waals surface area (Å²) in [5.41, 5.74) is 1.74. The highest BCUT2D eigenvalue weighted by atomic mass is 32.2. The zero-order valence-electron chi connectivity index (χ0n) is 14.3. The summed E-state index contributed by atoms with van der Waals surface area (Å²) in [5, 5.41) is 6.31. The Morgan fingerprint density at radius 3 is 2.81 bits per heavy atom. The van der Waals surface area contributed by atoms with Crippen molar-refractivity contribution in [2.24, 2.45) is 0 Å². The van der Waals surface area contributed by atoms with Crippen molar-refractivity contribution in [1.82, 2.24) is 9.29 Å². The molecule has 0 spiro atoms. The standard InChI is InChI=1S/C17H15N3O3S4/c1-3-15(21)19-16-6-11-7-20(8-14(11)25-16)27(22,23)17-5-4-13(26-17)12-9-24-10(2)18-12/h3-6,9H,1,7-8H2,2H3,(H,19,21). The SMILES string of the molecule is C=CC(=O)Nc1cc2c(s1)CN(S(=O)(=O)c1ccc(-c3csc(C)n3)s1)C2. The quantitative estimate of drug-likeness (QED) is 0.610. The van der Waals surface area contributed by atoms with Gasteiger partial charge in [-0.05, 0) is 36.8 Å². The predicted octanol–water partition coefficient (Wildman–Crippen LogP) is 4.07. The van der Waals surface area contributed by atoms with Crippen LogP contribution in [0.4, 0.5) is 5.00 Å². The zero-order chi connectivity index (χ0) is 19.2. The molecule has 4 heterocycles. The highest BCUT2D eigenvalue weighted by Crippen LogP contribution is 2.39. The Hall–Kier alpha value is -1.85. The summed E-state index contributed by atoms with van der Waals surface area (Å²) in [6.45, 7) is 5.97. The van der Waals surface area contributed by atoms with Crippen LogP contribution in [0.2, 0.25) is 0 Å². The number of nitrogens with zero attached hydrogens (tertiary/aromatic N) is 2. The summed E-state index contributed by atoms with van der Waals surface area (Å²) in [6.07, 6.45) is 1.21. The maximum atomic E-state index is 13.0. The lowest BCUT2D eigenvalue weighted by Crippen LogP contribution is -2.25. The molecule has 1 amide bonds. The minimum atomic E-state index is -3.57. The van der Waals surface area contributed by atoms with E-state index in [1.54, 1.807) is 23.5 Å². The lowest BCUT2D eigenvalue weighted by molar-refractivity contribution is -0.111. The summed E-state index contributed by atoms with van der Waals surface area (Å²) in [4.78, 5) is 17.6. The van der Waals surface area contributed by atoms with Crippen molar-refractivity contribution in [1.29, 1.82) is 0 Å². The molecule has 1 aliphatic rings. The van der Waals surface area contributed by atoms with Gasteiger partial charge in [0, 0.05) is 23.3 Å². The predicted molar refractivity (Wildman–Crippen MR) is 110 cm³/mol. The van der Waals surface area contributed by atoms with Gasteiger partial charge in [0.2, 0.25) is 5.91 Å². The minimum absolute atomic E-state index is 0.275. The van der Waals surface area contributed by atoms with Crippen LogP contribution in [-0.4, -0.2) is 23.6 Å². The summed E-state index contributed by atoms with van der Waals surface area (Å²) in [6, 6.07) is 5.28. The van der Waals surface area contributed by atoms with Crippen LogP contribution < -0.4 is 5.32 Å². The van der Waals surface area contributed by atoms with Gasteiger partial charge in [0.15, 0.2) is 0 Å². The number of hydrogen-bond donors (Lipinski definition) is 1. The van der Waals surface area contributed by atoms with E-state index in [-0.39, 0.29) is 5.91 Å². The van der Waals surface area contributed by atoms with Crippen molar-refractivity contribution in [3.8, 4) is 10.6 Å². The first-order valence-corrected chi connectivity index (χ1v) is 11.9. The van der Waals surface area contributed by atoms with E-state index in [9.17, 15) is 13.2 Å². The second-order valence-corrected chi connectivity index (χ2v) is 11.3. The van der Waals surface area contributed by atoms with E-state index in [0.717, 1.165) is 26.0 Å². The average molecular weight is 438 g/mol. The lowest BCUT2D eigenvalue weighted by atomic mass is 10.3. The number of nitrogens with one attached hydrogen (secondary N) is 1. The number of thiophene rings is 2. The van der Waals surface area contributed by atoms with E-state index in [1.807, 2.05) is 18.4 Å². The molecule has 0 saturated heterocycles. The van der Waals surface area contributed by atoms with Crippen molar-refractivity contribution < 1.29 is 13.2 Å². The smallest absolute Gasteiger partial charge is 0.253 e. The van der Waals surface area contributed by atoms with Crippen molar-refractivity contribution in [2.45, 2.75) is 24.2 Å². The third-order valence-corrected chi connectivity index (χ3v) is 9.26. The lowest BCUT2D eigenvalue weighted by Gasteiger charge is -2.14. The van der Waals surface area contributed by atoms with Gasteiger partial charge in [-0.15, -0.1) is 34.0 Å². The number of aryl methyl sites for hydroxylation is 1. The number of sulfonamides is 1. The molecule has 0 bridgehead atoms. The highest BCUT2D eigenvalue weighted by molar-refractivity contribution is 7.91. The maximum Gasteiger partial charge on any atom is 0.253 e. The summed E-state index contributed by atoms with van der Waals surface area (Å²) < 4.78 is 27.8. The molecule has 1 aliphatic heterocycles. The number of rotatable bonds is 5. The van der Waals surface area contributed by atoms with Gasteiger partial charge in [-0.1, -0.05) is 6.58 Å². The van der Waals surface area contributed by atoms with Gasteiger partial charge in [0.05, 0.1) is 20.6 Å². The molecule has 0 radical (unpaired) electrons.